The van der Waals surface area contributed by atoms with E-state index in [1.807, 2.05) is 0 Å². The third kappa shape index (κ3) is 2.65. The minimum atomic E-state index is -1.29. The normalized spacial score (nSPS) is 12.1. The van der Waals surface area contributed by atoms with Crippen molar-refractivity contribution in [1.82, 2.24) is 0 Å². The molecule has 0 saturated carbocycles. The molecule has 0 bridgehead atoms. The zero-order chi connectivity index (χ0) is 10.6. The van der Waals surface area contributed by atoms with Crippen molar-refractivity contribution in [2.75, 3.05) is 6.67 Å². The fraction of sp³-hybridized carbons (Fsp3) is 0.250. The van der Waals surface area contributed by atoms with E-state index in [1.54, 1.807) is 0 Å². The molecule has 0 radical (unpaired) electrons. The van der Waals surface area contributed by atoms with Crippen LogP contribution in [0.3, 0.4) is 0 Å². The Labute approximate surface area is 78.2 Å². The van der Waals surface area contributed by atoms with Crippen molar-refractivity contribution in [1.29, 1.82) is 0 Å². The van der Waals surface area contributed by atoms with E-state index in [0.29, 0.717) is 0 Å². The maximum atomic E-state index is 12.4. The Balaban J connectivity index is 2.78. The monoisotopic (exact) mass is 203 g/mol. The molecule has 0 aliphatic rings. The summed E-state index contributed by atoms with van der Waals surface area (Å²) in [5, 5.41) is 8.88. The lowest BCUT2D eigenvalue weighted by molar-refractivity contribution is -0.771. The van der Waals surface area contributed by atoms with Gasteiger partial charge in [-0.1, -0.05) is 12.1 Å². The number of rotatable bonds is 4. The van der Waals surface area contributed by atoms with Crippen molar-refractivity contribution in [3.05, 3.63) is 45.8 Å². The van der Waals surface area contributed by atoms with E-state index >= 15 is 0 Å². The Morgan fingerprint density at radius 3 is 2.43 bits per heavy atom. The summed E-state index contributed by atoms with van der Waals surface area (Å²) in [6.07, 6.45) is -1.29. The molecule has 0 amide bonds. The van der Waals surface area contributed by atoms with E-state index in [0.717, 1.165) is 12.1 Å². The smallest absolute Gasteiger partial charge is 0.295 e. The number of halogens is 2. The van der Waals surface area contributed by atoms with Gasteiger partial charge in [-0.05, 0) is 17.7 Å². The maximum Gasteiger partial charge on any atom is 0.295 e. The second-order valence-electron chi connectivity index (χ2n) is 2.52. The molecule has 1 unspecified atom stereocenters. The van der Waals surface area contributed by atoms with Gasteiger partial charge in [-0.15, -0.1) is 10.1 Å². The first-order valence-electron chi connectivity index (χ1n) is 3.76. The van der Waals surface area contributed by atoms with Gasteiger partial charge < -0.3 is 4.84 Å². The zero-order valence-electron chi connectivity index (χ0n) is 7.02. The largest absolute Gasteiger partial charge is 0.303 e. The van der Waals surface area contributed by atoms with Gasteiger partial charge >= 0.3 is 0 Å². The van der Waals surface area contributed by atoms with Crippen LogP contribution in [0.25, 0.3) is 0 Å². The molecule has 0 heterocycles. The molecule has 14 heavy (non-hydrogen) atoms. The maximum absolute atomic E-state index is 12.4. The topological polar surface area (TPSA) is 52.4 Å². The Morgan fingerprint density at radius 1 is 1.43 bits per heavy atom. The second kappa shape index (κ2) is 4.50. The van der Waals surface area contributed by atoms with Crippen molar-refractivity contribution in [2.24, 2.45) is 0 Å². The number of nitrogens with zero attached hydrogens (tertiary/aromatic N) is 1. The molecular formula is C8H7F2NO3. The molecule has 0 N–H and O–H groups in total. The fourth-order valence-corrected chi connectivity index (χ4v) is 0.959. The molecule has 0 fully saturated rings. The van der Waals surface area contributed by atoms with Gasteiger partial charge in [0.15, 0.2) is 6.10 Å². The summed E-state index contributed by atoms with van der Waals surface area (Å²) in [4.78, 5) is 14.0. The summed E-state index contributed by atoms with van der Waals surface area (Å²) in [5.41, 5.74) is 0.227. The summed E-state index contributed by atoms with van der Waals surface area (Å²) < 4.78 is 24.7. The standard InChI is InChI=1S/C8H7F2NO3/c9-5-8(14-11(12)13)6-1-3-7(10)4-2-6/h1-4,8H,5H2. The Bertz CT molecular complexity index is 315. The summed E-state index contributed by atoms with van der Waals surface area (Å²) in [7, 11) is 0. The third-order valence-corrected chi connectivity index (χ3v) is 1.60. The molecule has 1 rings (SSSR count). The van der Waals surface area contributed by atoms with E-state index in [-0.39, 0.29) is 5.56 Å². The Hall–Kier alpha value is -1.72. The van der Waals surface area contributed by atoms with Gasteiger partial charge in [0.05, 0.1) is 0 Å². The third-order valence-electron chi connectivity index (χ3n) is 1.60. The van der Waals surface area contributed by atoms with Gasteiger partial charge in [-0.2, -0.15) is 0 Å². The molecule has 1 atom stereocenters. The molecule has 0 spiro atoms. The highest BCUT2D eigenvalue weighted by molar-refractivity contribution is 5.18. The average Bonchev–Trinajstić information content (AvgIpc) is 2.15. The van der Waals surface area contributed by atoms with Crippen LogP contribution in [-0.4, -0.2) is 11.8 Å². The van der Waals surface area contributed by atoms with E-state index in [1.165, 1.54) is 12.1 Å². The highest BCUT2D eigenvalue weighted by Gasteiger charge is 2.15. The SMILES string of the molecule is O=[N+]([O-])OC(CF)c1ccc(F)cc1. The molecule has 1 aromatic carbocycles. The Kier molecular flexibility index (Phi) is 3.33. The van der Waals surface area contributed by atoms with Crippen molar-refractivity contribution in [2.45, 2.75) is 6.10 Å². The zero-order valence-corrected chi connectivity index (χ0v) is 7.02. The average molecular weight is 203 g/mol. The molecular weight excluding hydrogens is 196 g/mol. The molecule has 1 aromatic rings. The first-order valence-corrected chi connectivity index (χ1v) is 3.76. The summed E-state index contributed by atoms with van der Waals surface area (Å²) >= 11 is 0. The van der Waals surface area contributed by atoms with Crippen molar-refractivity contribution in [3.63, 3.8) is 0 Å². The predicted molar refractivity (Wildman–Crippen MR) is 43.2 cm³/mol. The molecule has 4 nitrogen and oxygen atoms in total. The van der Waals surface area contributed by atoms with E-state index < -0.39 is 23.7 Å². The minimum absolute atomic E-state index is 0.227. The van der Waals surface area contributed by atoms with Crippen LogP contribution in [0.2, 0.25) is 0 Å². The van der Waals surface area contributed by atoms with Crippen LogP contribution in [-0.2, 0) is 4.84 Å². The fourth-order valence-electron chi connectivity index (χ4n) is 0.959. The van der Waals surface area contributed by atoms with Crippen molar-refractivity contribution < 1.29 is 18.7 Å². The summed E-state index contributed by atoms with van der Waals surface area (Å²) in [6.45, 7) is -1.04. The van der Waals surface area contributed by atoms with Crippen LogP contribution in [0, 0.1) is 15.9 Å². The summed E-state index contributed by atoms with van der Waals surface area (Å²) in [5.74, 6) is -0.493. The summed E-state index contributed by atoms with van der Waals surface area (Å²) in [6, 6.07) is 4.65. The molecule has 0 aliphatic heterocycles. The van der Waals surface area contributed by atoms with Gasteiger partial charge in [-0.25, -0.2) is 8.78 Å². The molecule has 6 heteroatoms. The van der Waals surface area contributed by atoms with E-state index in [4.69, 9.17) is 0 Å². The minimum Gasteiger partial charge on any atom is -0.303 e. The van der Waals surface area contributed by atoms with Crippen LogP contribution in [0.1, 0.15) is 11.7 Å². The van der Waals surface area contributed by atoms with Gasteiger partial charge in [0.2, 0.25) is 0 Å². The number of hydrogen-bond acceptors (Lipinski definition) is 3. The number of alkyl halides is 1. The molecule has 0 aliphatic carbocycles. The van der Waals surface area contributed by atoms with Crippen molar-refractivity contribution in [3.8, 4) is 0 Å². The molecule has 0 aromatic heterocycles. The van der Waals surface area contributed by atoms with Crippen LogP contribution in [0.5, 0.6) is 0 Å². The molecule has 76 valence electrons. The lowest BCUT2D eigenvalue weighted by atomic mass is 10.1. The lowest BCUT2D eigenvalue weighted by Gasteiger charge is -2.10. The van der Waals surface area contributed by atoms with Crippen LogP contribution in [0.4, 0.5) is 8.78 Å². The van der Waals surface area contributed by atoms with Crippen LogP contribution < -0.4 is 0 Å². The van der Waals surface area contributed by atoms with E-state index in [2.05, 4.69) is 4.84 Å². The van der Waals surface area contributed by atoms with Crippen LogP contribution in [0.15, 0.2) is 24.3 Å². The van der Waals surface area contributed by atoms with Gasteiger partial charge in [-0.3, -0.25) is 0 Å². The van der Waals surface area contributed by atoms with Gasteiger partial charge in [0.25, 0.3) is 5.09 Å². The lowest BCUT2D eigenvalue weighted by Crippen LogP contribution is -2.11. The quantitative estimate of drug-likeness (QED) is 0.555. The predicted octanol–water partition coefficient (Wildman–Crippen LogP) is 2.04. The Morgan fingerprint density at radius 2 is 2.00 bits per heavy atom. The van der Waals surface area contributed by atoms with Gasteiger partial charge in [0.1, 0.15) is 12.5 Å². The molecule has 0 saturated heterocycles. The second-order valence-corrected chi connectivity index (χ2v) is 2.52. The van der Waals surface area contributed by atoms with Gasteiger partial charge in [0, 0.05) is 0 Å². The van der Waals surface area contributed by atoms with E-state index in [9.17, 15) is 18.9 Å². The number of hydrogen-bond donors (Lipinski definition) is 0. The number of benzene rings is 1. The highest BCUT2D eigenvalue weighted by Crippen LogP contribution is 2.18. The highest BCUT2D eigenvalue weighted by atomic mass is 19.1. The first kappa shape index (κ1) is 10.4. The first-order chi connectivity index (χ1) is 6.63. The van der Waals surface area contributed by atoms with Crippen molar-refractivity contribution >= 4 is 0 Å². The van der Waals surface area contributed by atoms with Crippen LogP contribution >= 0.6 is 0 Å².